The molecule has 0 saturated carbocycles. The van der Waals surface area contributed by atoms with E-state index in [9.17, 15) is 0 Å². The van der Waals surface area contributed by atoms with Gasteiger partial charge in [-0.1, -0.05) is 70.9 Å². The van der Waals surface area contributed by atoms with E-state index in [1.807, 2.05) is 24.3 Å². The van der Waals surface area contributed by atoms with Gasteiger partial charge in [-0.15, -0.1) is 0 Å². The van der Waals surface area contributed by atoms with Gasteiger partial charge in [0.05, 0.1) is 0 Å². The molecule has 88 valence electrons. The van der Waals surface area contributed by atoms with Crippen LogP contribution in [0.1, 0.15) is 0 Å². The summed E-state index contributed by atoms with van der Waals surface area (Å²) in [6.07, 6.45) is 0. The standard InChI is InChI=1S/C14H14Cl2Si/c1-17(2,13-7-3-11(15)4-8-13)14-9-5-12(16)6-10-14/h3-10H,1-2H3. The molecule has 0 aliphatic rings. The highest BCUT2D eigenvalue weighted by Crippen LogP contribution is 2.11. The van der Waals surface area contributed by atoms with Gasteiger partial charge in [-0.3, -0.25) is 0 Å². The van der Waals surface area contributed by atoms with Crippen molar-refractivity contribution in [1.29, 1.82) is 0 Å². The predicted octanol–water partition coefficient (Wildman–Crippen LogP) is 3.82. The van der Waals surface area contributed by atoms with Gasteiger partial charge in [0.2, 0.25) is 0 Å². The first-order valence-corrected chi connectivity index (χ1v) is 9.28. The van der Waals surface area contributed by atoms with Gasteiger partial charge in [-0.05, 0) is 24.3 Å². The largest absolute Gasteiger partial charge is 0.112 e. The number of halogens is 2. The molecule has 2 rings (SSSR count). The summed E-state index contributed by atoms with van der Waals surface area (Å²) in [6, 6.07) is 16.4. The molecule has 0 spiro atoms. The van der Waals surface area contributed by atoms with Crippen molar-refractivity contribution in [2.75, 3.05) is 0 Å². The molecular formula is C14H14Cl2Si. The van der Waals surface area contributed by atoms with Crippen LogP contribution in [0.15, 0.2) is 48.5 Å². The Morgan fingerprint density at radius 1 is 0.647 bits per heavy atom. The summed E-state index contributed by atoms with van der Waals surface area (Å²) >= 11 is 11.9. The van der Waals surface area contributed by atoms with Crippen LogP contribution in [-0.2, 0) is 0 Å². The lowest BCUT2D eigenvalue weighted by molar-refractivity contribution is 1.67. The third-order valence-corrected chi connectivity index (χ3v) is 7.19. The fraction of sp³-hybridized carbons (Fsp3) is 0.143. The van der Waals surface area contributed by atoms with E-state index >= 15 is 0 Å². The van der Waals surface area contributed by atoms with Crippen molar-refractivity contribution in [2.45, 2.75) is 13.1 Å². The van der Waals surface area contributed by atoms with Crippen molar-refractivity contribution in [2.24, 2.45) is 0 Å². The van der Waals surface area contributed by atoms with Crippen LogP contribution in [0.5, 0.6) is 0 Å². The topological polar surface area (TPSA) is 0 Å². The molecule has 0 nitrogen and oxygen atoms in total. The molecule has 0 atom stereocenters. The lowest BCUT2D eigenvalue weighted by Gasteiger charge is -2.23. The Balaban J connectivity index is 2.41. The minimum atomic E-state index is -1.62. The highest BCUT2D eigenvalue weighted by molar-refractivity contribution is 7.00. The molecule has 0 unspecified atom stereocenters. The highest BCUT2D eigenvalue weighted by atomic mass is 35.5. The van der Waals surface area contributed by atoms with Gasteiger partial charge < -0.3 is 0 Å². The summed E-state index contributed by atoms with van der Waals surface area (Å²) < 4.78 is 0. The Labute approximate surface area is 113 Å². The van der Waals surface area contributed by atoms with Crippen LogP contribution in [-0.4, -0.2) is 8.07 Å². The van der Waals surface area contributed by atoms with Crippen LogP contribution < -0.4 is 10.4 Å². The van der Waals surface area contributed by atoms with E-state index in [-0.39, 0.29) is 0 Å². The molecule has 2 aromatic rings. The first-order chi connectivity index (χ1) is 8.00. The van der Waals surface area contributed by atoms with E-state index in [1.165, 1.54) is 10.4 Å². The highest BCUT2D eigenvalue weighted by Gasteiger charge is 2.25. The Bertz CT molecular complexity index is 453. The zero-order valence-corrected chi connectivity index (χ0v) is 12.4. The maximum Gasteiger partial charge on any atom is 0.112 e. The Morgan fingerprint density at radius 2 is 0.941 bits per heavy atom. The van der Waals surface area contributed by atoms with Gasteiger partial charge >= 0.3 is 0 Å². The first-order valence-electron chi connectivity index (χ1n) is 5.52. The lowest BCUT2D eigenvalue weighted by Crippen LogP contribution is -2.52. The van der Waals surface area contributed by atoms with Crippen molar-refractivity contribution in [3.8, 4) is 0 Å². The van der Waals surface area contributed by atoms with Gasteiger partial charge in [-0.2, -0.15) is 0 Å². The van der Waals surface area contributed by atoms with Crippen LogP contribution in [0, 0.1) is 0 Å². The van der Waals surface area contributed by atoms with E-state index in [0.717, 1.165) is 10.0 Å². The molecule has 17 heavy (non-hydrogen) atoms. The van der Waals surface area contributed by atoms with Crippen LogP contribution in [0.25, 0.3) is 0 Å². The van der Waals surface area contributed by atoms with E-state index in [0.29, 0.717) is 0 Å². The molecule has 0 radical (unpaired) electrons. The Hall–Kier alpha value is -0.763. The molecule has 2 aromatic carbocycles. The monoisotopic (exact) mass is 280 g/mol. The van der Waals surface area contributed by atoms with Crippen molar-refractivity contribution in [1.82, 2.24) is 0 Å². The number of hydrogen-bond donors (Lipinski definition) is 0. The van der Waals surface area contributed by atoms with Crippen molar-refractivity contribution < 1.29 is 0 Å². The van der Waals surface area contributed by atoms with Crippen molar-refractivity contribution in [3.05, 3.63) is 58.6 Å². The summed E-state index contributed by atoms with van der Waals surface area (Å²) in [5.41, 5.74) is 0. The summed E-state index contributed by atoms with van der Waals surface area (Å²) in [7, 11) is -1.62. The average Bonchev–Trinajstić information content (AvgIpc) is 2.30. The number of benzene rings is 2. The predicted molar refractivity (Wildman–Crippen MR) is 79.7 cm³/mol. The molecule has 3 heteroatoms. The van der Waals surface area contributed by atoms with Crippen LogP contribution in [0.4, 0.5) is 0 Å². The maximum atomic E-state index is 5.93. The zero-order valence-electron chi connectivity index (χ0n) is 9.87. The minimum Gasteiger partial charge on any atom is -0.0843 e. The molecule has 0 bridgehead atoms. The molecule has 0 amide bonds. The molecule has 0 N–H and O–H groups in total. The fourth-order valence-electron chi connectivity index (χ4n) is 1.90. The van der Waals surface area contributed by atoms with Crippen LogP contribution in [0.3, 0.4) is 0 Å². The summed E-state index contributed by atoms with van der Waals surface area (Å²) in [6.45, 7) is 4.67. The van der Waals surface area contributed by atoms with Crippen molar-refractivity contribution in [3.63, 3.8) is 0 Å². The maximum absolute atomic E-state index is 5.93. The second-order valence-corrected chi connectivity index (χ2v) is 9.92. The summed E-state index contributed by atoms with van der Waals surface area (Å²) in [5, 5.41) is 4.33. The van der Waals surface area contributed by atoms with E-state index < -0.39 is 8.07 Å². The fourth-order valence-corrected chi connectivity index (χ4v) is 4.49. The van der Waals surface area contributed by atoms with Gasteiger partial charge in [0.25, 0.3) is 0 Å². The molecule has 0 saturated heterocycles. The average molecular weight is 281 g/mol. The second-order valence-electron chi connectivity index (χ2n) is 4.64. The third kappa shape index (κ3) is 2.74. The molecule has 0 aromatic heterocycles. The molecule has 0 heterocycles. The summed E-state index contributed by atoms with van der Waals surface area (Å²) in [4.78, 5) is 0. The van der Waals surface area contributed by atoms with E-state index in [4.69, 9.17) is 23.2 Å². The molecule has 0 aliphatic heterocycles. The number of rotatable bonds is 2. The van der Waals surface area contributed by atoms with Gasteiger partial charge in [-0.25, -0.2) is 0 Å². The van der Waals surface area contributed by atoms with Gasteiger partial charge in [0.1, 0.15) is 8.07 Å². The zero-order chi connectivity index (χ0) is 12.5. The summed E-state index contributed by atoms with van der Waals surface area (Å²) in [5.74, 6) is 0. The normalized spacial score (nSPS) is 11.5. The van der Waals surface area contributed by atoms with Gasteiger partial charge in [0, 0.05) is 10.0 Å². The quantitative estimate of drug-likeness (QED) is 0.734. The molecule has 0 fully saturated rings. The SMILES string of the molecule is C[Si](C)(c1ccc(Cl)cc1)c1ccc(Cl)cc1. The van der Waals surface area contributed by atoms with E-state index in [2.05, 4.69) is 37.4 Å². The lowest BCUT2D eigenvalue weighted by atomic mass is 10.4. The molecular weight excluding hydrogens is 267 g/mol. The Morgan fingerprint density at radius 3 is 1.24 bits per heavy atom. The van der Waals surface area contributed by atoms with Gasteiger partial charge in [0.15, 0.2) is 0 Å². The van der Waals surface area contributed by atoms with Crippen molar-refractivity contribution >= 4 is 41.6 Å². The minimum absolute atomic E-state index is 0.787. The second kappa shape index (κ2) is 4.85. The Kier molecular flexibility index (Phi) is 3.62. The third-order valence-electron chi connectivity index (χ3n) is 3.13. The van der Waals surface area contributed by atoms with Crippen LogP contribution in [0.2, 0.25) is 23.1 Å². The number of hydrogen-bond acceptors (Lipinski definition) is 0. The smallest absolute Gasteiger partial charge is 0.0843 e. The van der Waals surface area contributed by atoms with Crippen LogP contribution >= 0.6 is 23.2 Å². The molecule has 0 aliphatic carbocycles. The first kappa shape index (κ1) is 12.7. The van der Waals surface area contributed by atoms with E-state index in [1.54, 1.807) is 0 Å².